The highest BCUT2D eigenvalue weighted by Crippen LogP contribution is 2.42. The quantitative estimate of drug-likeness (QED) is 0.418. The molecule has 1 aliphatic rings. The zero-order valence-electron chi connectivity index (χ0n) is 19.8. The van der Waals surface area contributed by atoms with Gasteiger partial charge in [-0.05, 0) is 43.2 Å². The Bertz CT molecular complexity index is 1290. The van der Waals surface area contributed by atoms with Crippen LogP contribution in [0.1, 0.15) is 44.7 Å². The van der Waals surface area contributed by atoms with E-state index in [-0.39, 0.29) is 21.6 Å². The maximum atomic E-state index is 13.6. The maximum Gasteiger partial charge on any atom is 0.264 e. The molecule has 0 fully saturated rings. The molecule has 3 aromatic rings. The number of amides is 1. The van der Waals surface area contributed by atoms with Gasteiger partial charge in [-0.25, -0.2) is 8.42 Å². The van der Waals surface area contributed by atoms with Crippen LogP contribution in [-0.4, -0.2) is 26.5 Å². The van der Waals surface area contributed by atoms with Crippen LogP contribution in [-0.2, 0) is 14.8 Å². The lowest BCUT2D eigenvalue weighted by molar-refractivity contribution is -0.121. The van der Waals surface area contributed by atoms with Crippen LogP contribution in [0.2, 0.25) is 5.02 Å². The Morgan fingerprint density at radius 1 is 1.00 bits per heavy atom. The number of hydrogen-bond donors (Lipinski definition) is 1. The maximum absolute atomic E-state index is 13.6. The molecule has 1 heterocycles. The molecule has 0 bridgehead atoms. The van der Waals surface area contributed by atoms with Crippen molar-refractivity contribution >= 4 is 33.2 Å². The van der Waals surface area contributed by atoms with Crippen molar-refractivity contribution in [3.63, 3.8) is 0 Å². The van der Waals surface area contributed by atoms with E-state index in [2.05, 4.69) is 19.2 Å². The van der Waals surface area contributed by atoms with E-state index in [1.165, 1.54) is 12.1 Å². The Kier molecular flexibility index (Phi) is 7.38. The van der Waals surface area contributed by atoms with Gasteiger partial charge in [0.05, 0.1) is 21.6 Å². The van der Waals surface area contributed by atoms with Crippen molar-refractivity contribution < 1.29 is 17.9 Å². The van der Waals surface area contributed by atoms with Gasteiger partial charge in [0, 0.05) is 12.0 Å². The monoisotopic (exact) mass is 512 g/mol. The highest BCUT2D eigenvalue weighted by atomic mass is 35.5. The molecule has 0 aromatic heterocycles. The number of anilines is 1. The zero-order chi connectivity index (χ0) is 25.1. The van der Waals surface area contributed by atoms with Crippen molar-refractivity contribution in [2.75, 3.05) is 10.8 Å². The minimum Gasteiger partial charge on any atom is -0.487 e. The van der Waals surface area contributed by atoms with Crippen LogP contribution < -0.4 is 14.4 Å². The molecule has 184 valence electrons. The summed E-state index contributed by atoms with van der Waals surface area (Å²) in [6, 6.07) is 22.0. The molecule has 35 heavy (non-hydrogen) atoms. The number of benzene rings is 3. The number of nitrogens with zero attached hydrogens (tertiary/aromatic N) is 1. The Morgan fingerprint density at radius 2 is 1.63 bits per heavy atom. The Morgan fingerprint density at radius 3 is 2.31 bits per heavy atom. The number of sulfonamides is 1. The molecule has 1 N–H and O–H groups in total. The smallest absolute Gasteiger partial charge is 0.264 e. The van der Waals surface area contributed by atoms with Crippen LogP contribution in [0.4, 0.5) is 5.69 Å². The summed E-state index contributed by atoms with van der Waals surface area (Å²) in [4.78, 5) is 13.5. The third kappa shape index (κ3) is 5.16. The molecule has 6 nitrogen and oxygen atoms in total. The second-order valence-corrected chi connectivity index (χ2v) is 10.9. The van der Waals surface area contributed by atoms with E-state index in [9.17, 15) is 13.2 Å². The topological polar surface area (TPSA) is 75.7 Å². The van der Waals surface area contributed by atoms with Crippen LogP contribution in [0, 0.1) is 0 Å². The fourth-order valence-corrected chi connectivity index (χ4v) is 6.22. The molecule has 0 spiro atoms. The van der Waals surface area contributed by atoms with E-state index >= 15 is 0 Å². The van der Waals surface area contributed by atoms with E-state index in [0.29, 0.717) is 6.42 Å². The number of hydrogen-bond acceptors (Lipinski definition) is 4. The summed E-state index contributed by atoms with van der Waals surface area (Å²) in [6.07, 6.45) is 2.18. The fourth-order valence-electron chi connectivity index (χ4n) is 4.47. The predicted molar refractivity (Wildman–Crippen MR) is 138 cm³/mol. The third-order valence-electron chi connectivity index (χ3n) is 6.56. The van der Waals surface area contributed by atoms with E-state index in [4.69, 9.17) is 16.3 Å². The van der Waals surface area contributed by atoms with Gasteiger partial charge in [0.2, 0.25) is 5.91 Å². The second kappa shape index (κ2) is 10.3. The predicted octanol–water partition coefficient (Wildman–Crippen LogP) is 5.73. The number of carbonyl (C=O) groups excluding carboxylic acids is 1. The third-order valence-corrected chi connectivity index (χ3v) is 8.65. The summed E-state index contributed by atoms with van der Waals surface area (Å²) >= 11 is 6.38. The van der Waals surface area contributed by atoms with Gasteiger partial charge in [-0.1, -0.05) is 74.0 Å². The first-order chi connectivity index (χ1) is 16.8. The molecule has 1 atom stereocenters. The number of carbonyl (C=O) groups is 1. The van der Waals surface area contributed by atoms with Gasteiger partial charge in [0.15, 0.2) is 0 Å². The number of fused-ring (bicyclic) bond motifs is 1. The van der Waals surface area contributed by atoms with Crippen LogP contribution >= 0.6 is 11.6 Å². The molecular weight excluding hydrogens is 484 g/mol. The fraction of sp³-hybridized carbons (Fsp3) is 0.296. The Balaban J connectivity index is 1.66. The van der Waals surface area contributed by atoms with Gasteiger partial charge < -0.3 is 10.1 Å². The first-order valence-electron chi connectivity index (χ1n) is 11.7. The lowest BCUT2D eigenvalue weighted by Gasteiger charge is -2.41. The molecule has 1 aliphatic heterocycles. The van der Waals surface area contributed by atoms with E-state index in [1.54, 1.807) is 42.5 Å². The Hall–Kier alpha value is -3.03. The van der Waals surface area contributed by atoms with Gasteiger partial charge in [0.1, 0.15) is 17.9 Å². The van der Waals surface area contributed by atoms with Crippen molar-refractivity contribution in [2.24, 2.45) is 0 Å². The van der Waals surface area contributed by atoms with Crippen molar-refractivity contribution in [3.8, 4) is 5.75 Å². The summed E-state index contributed by atoms with van der Waals surface area (Å²) in [7, 11) is -4.04. The van der Waals surface area contributed by atoms with Gasteiger partial charge in [-0.15, -0.1) is 0 Å². The minimum absolute atomic E-state index is 0.0834. The van der Waals surface area contributed by atoms with E-state index in [1.807, 2.05) is 24.3 Å². The van der Waals surface area contributed by atoms with E-state index in [0.717, 1.165) is 28.5 Å². The molecule has 4 rings (SSSR count). The lowest BCUT2D eigenvalue weighted by Crippen LogP contribution is -2.47. The first-order valence-corrected chi connectivity index (χ1v) is 13.5. The van der Waals surface area contributed by atoms with Crippen molar-refractivity contribution in [3.05, 3.63) is 89.4 Å². The highest BCUT2D eigenvalue weighted by Gasteiger charge is 2.39. The molecule has 0 aliphatic carbocycles. The SMILES string of the molecule is CCC1(CC)C[C@H](NC(=O)CN(c2ccccc2Cl)S(=O)(=O)c2ccccc2)c2ccccc2O1. The Labute approximate surface area is 211 Å². The van der Waals surface area contributed by atoms with Crippen LogP contribution in [0.25, 0.3) is 0 Å². The highest BCUT2D eigenvalue weighted by molar-refractivity contribution is 7.92. The number of nitrogens with one attached hydrogen (secondary N) is 1. The van der Waals surface area contributed by atoms with Crippen LogP contribution in [0.15, 0.2) is 83.8 Å². The average Bonchev–Trinajstić information content (AvgIpc) is 2.88. The molecule has 0 saturated carbocycles. The van der Waals surface area contributed by atoms with Gasteiger partial charge >= 0.3 is 0 Å². The summed E-state index contributed by atoms with van der Waals surface area (Å²) in [5.41, 5.74) is 0.732. The molecule has 0 unspecified atom stereocenters. The normalized spacial score (nSPS) is 16.6. The van der Waals surface area contributed by atoms with Crippen molar-refractivity contribution in [1.29, 1.82) is 0 Å². The van der Waals surface area contributed by atoms with E-state index < -0.39 is 28.1 Å². The van der Waals surface area contributed by atoms with Gasteiger partial charge in [-0.3, -0.25) is 9.10 Å². The van der Waals surface area contributed by atoms with Gasteiger partial charge in [-0.2, -0.15) is 0 Å². The van der Waals surface area contributed by atoms with Crippen molar-refractivity contribution in [2.45, 2.75) is 49.6 Å². The minimum atomic E-state index is -4.04. The standard InChI is InChI=1S/C27H29ClN2O4S/c1-3-27(4-2)18-23(21-14-8-11-17-25(21)34-27)29-26(31)19-30(24-16-10-9-15-22(24)28)35(32,33)20-12-6-5-7-13-20/h5-17,23H,3-4,18-19H2,1-2H3,(H,29,31)/t23-/m0/s1. The van der Waals surface area contributed by atoms with Crippen molar-refractivity contribution in [1.82, 2.24) is 5.32 Å². The largest absolute Gasteiger partial charge is 0.487 e. The van der Waals surface area contributed by atoms with Crippen LogP contribution in [0.3, 0.4) is 0 Å². The molecule has 0 saturated heterocycles. The summed E-state index contributed by atoms with van der Waals surface area (Å²) in [5, 5.41) is 3.32. The molecule has 3 aromatic carbocycles. The molecule has 1 amide bonds. The summed E-state index contributed by atoms with van der Waals surface area (Å²) < 4.78 is 34.5. The first kappa shape index (κ1) is 25.1. The second-order valence-electron chi connectivity index (χ2n) is 8.63. The number of para-hydroxylation sites is 2. The van der Waals surface area contributed by atoms with Crippen LogP contribution in [0.5, 0.6) is 5.75 Å². The lowest BCUT2D eigenvalue weighted by atomic mass is 9.83. The molecule has 0 radical (unpaired) electrons. The zero-order valence-corrected chi connectivity index (χ0v) is 21.4. The number of rotatable bonds is 8. The molecule has 8 heteroatoms. The summed E-state index contributed by atoms with van der Waals surface area (Å²) in [6.45, 7) is 3.73. The number of ether oxygens (including phenoxy) is 1. The molecular formula is C27H29ClN2O4S. The number of halogens is 1. The van der Waals surface area contributed by atoms with Gasteiger partial charge in [0.25, 0.3) is 10.0 Å². The summed E-state index contributed by atoms with van der Waals surface area (Å²) in [5.74, 6) is 0.319. The average molecular weight is 513 g/mol.